The molecule has 3 rings (SSSR count). The van der Waals surface area contributed by atoms with E-state index in [0.29, 0.717) is 45.0 Å². The SMILES string of the molecule is O=C(Cc1ccc(OC(F)(F)F)cc1)N1CCCC(C(=O)N2CCOCC2)C1. The van der Waals surface area contributed by atoms with Crippen molar-refractivity contribution in [2.75, 3.05) is 39.4 Å². The summed E-state index contributed by atoms with van der Waals surface area (Å²) >= 11 is 0. The molecule has 1 aromatic carbocycles. The normalized spacial score (nSPS) is 20.8. The van der Waals surface area contributed by atoms with Crippen LogP contribution in [0.5, 0.6) is 5.75 Å². The number of rotatable bonds is 4. The van der Waals surface area contributed by atoms with Crippen molar-refractivity contribution in [3.63, 3.8) is 0 Å². The Labute approximate surface area is 161 Å². The van der Waals surface area contributed by atoms with Gasteiger partial charge in [0.2, 0.25) is 11.8 Å². The van der Waals surface area contributed by atoms with E-state index < -0.39 is 6.36 Å². The van der Waals surface area contributed by atoms with Crippen LogP contribution in [0.25, 0.3) is 0 Å². The van der Waals surface area contributed by atoms with Crippen molar-refractivity contribution in [1.82, 2.24) is 9.80 Å². The van der Waals surface area contributed by atoms with Gasteiger partial charge < -0.3 is 19.3 Å². The fraction of sp³-hybridized carbons (Fsp3) is 0.579. The summed E-state index contributed by atoms with van der Waals surface area (Å²) in [6.07, 6.45) is -3.16. The second-order valence-corrected chi connectivity index (χ2v) is 6.99. The Hall–Kier alpha value is -2.29. The molecule has 0 radical (unpaired) electrons. The first kappa shape index (κ1) is 20.4. The number of amides is 2. The van der Waals surface area contributed by atoms with Gasteiger partial charge in [0.05, 0.1) is 25.6 Å². The molecule has 0 N–H and O–H groups in total. The number of halogens is 3. The van der Waals surface area contributed by atoms with E-state index in [1.807, 2.05) is 0 Å². The molecule has 0 aliphatic carbocycles. The monoisotopic (exact) mass is 400 g/mol. The molecule has 1 aromatic rings. The van der Waals surface area contributed by atoms with Crippen LogP contribution in [0.15, 0.2) is 24.3 Å². The Kier molecular flexibility index (Phi) is 6.43. The number of ether oxygens (including phenoxy) is 2. The minimum absolute atomic E-state index is 0.0643. The molecule has 0 aromatic heterocycles. The number of carbonyl (C=O) groups excluding carboxylic acids is 2. The summed E-state index contributed by atoms with van der Waals surface area (Å²) in [5.74, 6) is -0.602. The summed E-state index contributed by atoms with van der Waals surface area (Å²) in [7, 11) is 0. The average molecular weight is 400 g/mol. The molecule has 2 aliphatic rings. The molecule has 6 nitrogen and oxygen atoms in total. The van der Waals surface area contributed by atoms with E-state index in [4.69, 9.17) is 4.74 Å². The van der Waals surface area contributed by atoms with Crippen LogP contribution in [0.4, 0.5) is 13.2 Å². The lowest BCUT2D eigenvalue weighted by molar-refractivity contribution is -0.274. The van der Waals surface area contributed by atoms with E-state index in [0.717, 1.165) is 12.8 Å². The van der Waals surface area contributed by atoms with Crippen molar-refractivity contribution in [3.05, 3.63) is 29.8 Å². The molecular formula is C19H23F3N2O4. The number of carbonyl (C=O) groups is 2. The van der Waals surface area contributed by atoms with Gasteiger partial charge >= 0.3 is 6.36 Å². The fourth-order valence-electron chi connectivity index (χ4n) is 3.54. The molecule has 2 saturated heterocycles. The number of likely N-dealkylation sites (tertiary alicyclic amines) is 1. The van der Waals surface area contributed by atoms with E-state index in [1.165, 1.54) is 24.3 Å². The number of hydrogen-bond acceptors (Lipinski definition) is 4. The summed E-state index contributed by atoms with van der Waals surface area (Å²) in [5, 5.41) is 0. The quantitative estimate of drug-likeness (QED) is 0.778. The summed E-state index contributed by atoms with van der Waals surface area (Å²) in [5.41, 5.74) is 0.598. The Morgan fingerprint density at radius 3 is 2.39 bits per heavy atom. The number of benzene rings is 1. The maximum absolute atomic E-state index is 12.7. The van der Waals surface area contributed by atoms with E-state index in [2.05, 4.69) is 4.74 Å². The van der Waals surface area contributed by atoms with Crippen LogP contribution in [-0.4, -0.2) is 67.4 Å². The average Bonchev–Trinajstić information content (AvgIpc) is 2.68. The number of hydrogen-bond donors (Lipinski definition) is 0. The first-order chi connectivity index (χ1) is 13.3. The van der Waals surface area contributed by atoms with Crippen LogP contribution >= 0.6 is 0 Å². The van der Waals surface area contributed by atoms with Crippen molar-refractivity contribution in [1.29, 1.82) is 0 Å². The van der Waals surface area contributed by atoms with E-state index in [-0.39, 0.29) is 29.9 Å². The third-order valence-electron chi connectivity index (χ3n) is 4.96. The minimum Gasteiger partial charge on any atom is -0.406 e. The molecule has 9 heteroatoms. The van der Waals surface area contributed by atoms with E-state index in [9.17, 15) is 22.8 Å². The van der Waals surface area contributed by atoms with Crippen LogP contribution < -0.4 is 4.74 Å². The second kappa shape index (κ2) is 8.81. The molecule has 1 atom stereocenters. The number of alkyl halides is 3. The molecule has 154 valence electrons. The Balaban J connectivity index is 1.54. The van der Waals surface area contributed by atoms with Crippen LogP contribution in [-0.2, 0) is 20.7 Å². The molecule has 0 spiro atoms. The van der Waals surface area contributed by atoms with Gasteiger partial charge in [0.1, 0.15) is 5.75 Å². The van der Waals surface area contributed by atoms with Crippen LogP contribution in [0.1, 0.15) is 18.4 Å². The molecule has 0 bridgehead atoms. The Morgan fingerprint density at radius 2 is 1.75 bits per heavy atom. The summed E-state index contributed by atoms with van der Waals surface area (Å²) in [6, 6.07) is 5.27. The fourth-order valence-corrected chi connectivity index (χ4v) is 3.54. The highest BCUT2D eigenvalue weighted by Gasteiger charge is 2.32. The van der Waals surface area contributed by atoms with Gasteiger partial charge in [0.25, 0.3) is 0 Å². The zero-order chi connectivity index (χ0) is 20.1. The topological polar surface area (TPSA) is 59.1 Å². The van der Waals surface area contributed by atoms with E-state index >= 15 is 0 Å². The predicted molar refractivity (Wildman–Crippen MR) is 93.5 cm³/mol. The lowest BCUT2D eigenvalue weighted by atomic mass is 9.95. The molecule has 0 saturated carbocycles. The van der Waals surface area contributed by atoms with Crippen LogP contribution in [0, 0.1) is 5.92 Å². The zero-order valence-corrected chi connectivity index (χ0v) is 15.4. The molecule has 2 amide bonds. The highest BCUT2D eigenvalue weighted by atomic mass is 19.4. The summed E-state index contributed by atoms with van der Waals surface area (Å²) in [4.78, 5) is 28.7. The van der Waals surface area contributed by atoms with Gasteiger partial charge in [-0.25, -0.2) is 0 Å². The highest BCUT2D eigenvalue weighted by Crippen LogP contribution is 2.24. The smallest absolute Gasteiger partial charge is 0.406 e. The third kappa shape index (κ3) is 5.60. The van der Waals surface area contributed by atoms with Crippen LogP contribution in [0.2, 0.25) is 0 Å². The molecular weight excluding hydrogens is 377 g/mol. The maximum Gasteiger partial charge on any atom is 0.573 e. The number of piperidine rings is 1. The van der Waals surface area contributed by atoms with Crippen molar-refractivity contribution in [2.24, 2.45) is 5.92 Å². The van der Waals surface area contributed by atoms with Gasteiger partial charge in [0, 0.05) is 26.2 Å². The minimum atomic E-state index is -4.74. The first-order valence-electron chi connectivity index (χ1n) is 9.31. The predicted octanol–water partition coefficient (Wildman–Crippen LogP) is 2.23. The van der Waals surface area contributed by atoms with Crippen molar-refractivity contribution >= 4 is 11.8 Å². The molecule has 2 fully saturated rings. The molecule has 2 heterocycles. The highest BCUT2D eigenvalue weighted by molar-refractivity contribution is 5.82. The lowest BCUT2D eigenvalue weighted by Gasteiger charge is -2.36. The van der Waals surface area contributed by atoms with Gasteiger partial charge in [-0.2, -0.15) is 0 Å². The number of morpholine rings is 1. The van der Waals surface area contributed by atoms with Crippen LogP contribution in [0.3, 0.4) is 0 Å². The summed E-state index contributed by atoms with van der Waals surface area (Å²) in [6.45, 7) is 3.20. The van der Waals surface area contributed by atoms with Crippen molar-refractivity contribution in [2.45, 2.75) is 25.6 Å². The Morgan fingerprint density at radius 1 is 1.07 bits per heavy atom. The van der Waals surface area contributed by atoms with Crippen molar-refractivity contribution < 1.29 is 32.2 Å². The van der Waals surface area contributed by atoms with Gasteiger partial charge in [-0.05, 0) is 30.5 Å². The third-order valence-corrected chi connectivity index (χ3v) is 4.96. The Bertz CT molecular complexity index is 687. The van der Waals surface area contributed by atoms with Gasteiger partial charge in [0.15, 0.2) is 0 Å². The lowest BCUT2D eigenvalue weighted by Crippen LogP contribution is -2.49. The first-order valence-corrected chi connectivity index (χ1v) is 9.31. The number of nitrogens with zero attached hydrogens (tertiary/aromatic N) is 2. The zero-order valence-electron chi connectivity index (χ0n) is 15.4. The van der Waals surface area contributed by atoms with E-state index in [1.54, 1.807) is 9.80 Å². The molecule has 1 unspecified atom stereocenters. The second-order valence-electron chi connectivity index (χ2n) is 6.99. The van der Waals surface area contributed by atoms with Gasteiger partial charge in [-0.3, -0.25) is 9.59 Å². The van der Waals surface area contributed by atoms with Gasteiger partial charge in [-0.1, -0.05) is 12.1 Å². The van der Waals surface area contributed by atoms with Gasteiger partial charge in [-0.15, -0.1) is 13.2 Å². The standard InChI is InChI=1S/C19H23F3N2O4/c20-19(21,22)28-16-5-3-14(4-6-16)12-17(25)24-7-1-2-15(13-24)18(26)23-8-10-27-11-9-23/h3-6,15H,1-2,7-13H2. The largest absolute Gasteiger partial charge is 0.573 e. The molecule has 2 aliphatic heterocycles. The summed E-state index contributed by atoms with van der Waals surface area (Å²) < 4.78 is 45.7. The maximum atomic E-state index is 12.7. The molecule has 28 heavy (non-hydrogen) atoms. The van der Waals surface area contributed by atoms with Crippen molar-refractivity contribution in [3.8, 4) is 5.75 Å².